The summed E-state index contributed by atoms with van der Waals surface area (Å²) in [6.07, 6.45) is 0. The Bertz CT molecular complexity index is 1610. The van der Waals surface area contributed by atoms with E-state index >= 15 is 0 Å². The monoisotopic (exact) mass is 591 g/mol. The lowest BCUT2D eigenvalue weighted by atomic mass is 10.3. The SMILES string of the molecule is O=C(CN(c1cccc(F)c1)S(=O)(=O)c1ccc2c(c1)OCCO2)Nc1ccc(S(=O)(=O)N2CCOCC2)cc1. The summed E-state index contributed by atoms with van der Waals surface area (Å²) in [4.78, 5) is 12.9. The van der Waals surface area contributed by atoms with E-state index in [2.05, 4.69) is 5.32 Å². The predicted molar refractivity (Wildman–Crippen MR) is 143 cm³/mol. The molecule has 1 N–H and O–H groups in total. The molecule has 0 aliphatic carbocycles. The van der Waals surface area contributed by atoms with Crippen molar-refractivity contribution >= 4 is 37.3 Å². The van der Waals surface area contributed by atoms with Crippen LogP contribution >= 0.6 is 0 Å². The van der Waals surface area contributed by atoms with Gasteiger partial charge in [0.25, 0.3) is 10.0 Å². The minimum atomic E-state index is -4.36. The Balaban J connectivity index is 1.37. The Kier molecular flexibility index (Phi) is 7.94. The molecular formula is C26H26FN3O8S2. The number of sulfonamides is 2. The Morgan fingerprint density at radius 1 is 0.850 bits per heavy atom. The minimum absolute atomic E-state index is 0.0509. The van der Waals surface area contributed by atoms with Crippen molar-refractivity contribution in [2.24, 2.45) is 0 Å². The summed E-state index contributed by atoms with van der Waals surface area (Å²) >= 11 is 0. The van der Waals surface area contributed by atoms with Crippen molar-refractivity contribution in [1.29, 1.82) is 0 Å². The van der Waals surface area contributed by atoms with Gasteiger partial charge in [0.15, 0.2) is 11.5 Å². The van der Waals surface area contributed by atoms with Crippen molar-refractivity contribution in [3.8, 4) is 11.5 Å². The molecule has 2 aliphatic heterocycles. The second-order valence-corrected chi connectivity index (χ2v) is 12.7. The zero-order valence-electron chi connectivity index (χ0n) is 21.2. The Morgan fingerprint density at radius 2 is 1.52 bits per heavy atom. The van der Waals surface area contributed by atoms with Gasteiger partial charge in [0.1, 0.15) is 25.6 Å². The van der Waals surface area contributed by atoms with E-state index in [0.717, 1.165) is 16.4 Å². The number of benzene rings is 3. The van der Waals surface area contributed by atoms with Gasteiger partial charge < -0.3 is 19.5 Å². The highest BCUT2D eigenvalue weighted by Gasteiger charge is 2.30. The largest absolute Gasteiger partial charge is 0.486 e. The number of morpholine rings is 1. The molecule has 1 saturated heterocycles. The number of carbonyl (C=O) groups excluding carboxylic acids is 1. The Labute approximate surface area is 231 Å². The smallest absolute Gasteiger partial charge is 0.264 e. The van der Waals surface area contributed by atoms with Gasteiger partial charge in [-0.25, -0.2) is 21.2 Å². The zero-order valence-corrected chi connectivity index (χ0v) is 22.8. The molecule has 1 amide bonds. The third-order valence-electron chi connectivity index (χ3n) is 6.23. The molecule has 0 bridgehead atoms. The van der Waals surface area contributed by atoms with Crippen molar-refractivity contribution in [2.45, 2.75) is 9.79 Å². The molecule has 0 unspecified atom stereocenters. The maximum atomic E-state index is 14.1. The molecule has 40 heavy (non-hydrogen) atoms. The summed E-state index contributed by atoms with van der Waals surface area (Å²) in [6.45, 7) is 1.000. The fraction of sp³-hybridized carbons (Fsp3) is 0.269. The van der Waals surface area contributed by atoms with Gasteiger partial charge in [0, 0.05) is 24.8 Å². The first-order chi connectivity index (χ1) is 19.1. The molecule has 14 heteroatoms. The van der Waals surface area contributed by atoms with Gasteiger partial charge in [0.2, 0.25) is 15.9 Å². The van der Waals surface area contributed by atoms with Crippen molar-refractivity contribution in [1.82, 2.24) is 4.31 Å². The quantitative estimate of drug-likeness (QED) is 0.423. The summed E-state index contributed by atoms with van der Waals surface area (Å²) in [6, 6.07) is 14.5. The second-order valence-electron chi connectivity index (χ2n) is 8.89. The lowest BCUT2D eigenvalue weighted by molar-refractivity contribution is -0.114. The summed E-state index contributed by atoms with van der Waals surface area (Å²) < 4.78 is 85.4. The van der Waals surface area contributed by atoms with Crippen LogP contribution < -0.4 is 19.1 Å². The molecule has 11 nitrogen and oxygen atoms in total. The number of nitrogens with zero attached hydrogens (tertiary/aromatic N) is 2. The highest BCUT2D eigenvalue weighted by atomic mass is 32.2. The number of carbonyl (C=O) groups is 1. The topological polar surface area (TPSA) is 132 Å². The van der Waals surface area contributed by atoms with Gasteiger partial charge in [-0.3, -0.25) is 9.10 Å². The number of halogens is 1. The van der Waals surface area contributed by atoms with Gasteiger partial charge >= 0.3 is 0 Å². The maximum absolute atomic E-state index is 14.1. The highest BCUT2D eigenvalue weighted by Crippen LogP contribution is 2.34. The van der Waals surface area contributed by atoms with Crippen LogP contribution in [0.3, 0.4) is 0 Å². The van der Waals surface area contributed by atoms with Crippen LogP contribution in [0.25, 0.3) is 0 Å². The molecule has 2 aliphatic rings. The van der Waals surface area contributed by atoms with Crippen LogP contribution in [-0.4, -0.2) is 73.1 Å². The number of rotatable bonds is 8. The van der Waals surface area contributed by atoms with Crippen molar-refractivity contribution in [2.75, 3.05) is 55.7 Å². The van der Waals surface area contributed by atoms with E-state index in [0.29, 0.717) is 25.6 Å². The average molecular weight is 592 g/mol. The number of amides is 1. The summed E-state index contributed by atoms with van der Waals surface area (Å²) in [5.41, 5.74) is 0.193. The van der Waals surface area contributed by atoms with Crippen LogP contribution in [0.2, 0.25) is 0 Å². The second kappa shape index (κ2) is 11.4. The molecular weight excluding hydrogens is 565 g/mol. The summed E-state index contributed by atoms with van der Waals surface area (Å²) in [5.74, 6) is -0.783. The van der Waals surface area contributed by atoms with Crippen LogP contribution in [0.15, 0.2) is 76.5 Å². The van der Waals surface area contributed by atoms with Crippen LogP contribution in [0.4, 0.5) is 15.8 Å². The molecule has 3 aromatic rings. The first kappa shape index (κ1) is 27.8. The molecule has 212 valence electrons. The van der Waals surface area contributed by atoms with Gasteiger partial charge in [-0.2, -0.15) is 4.31 Å². The van der Waals surface area contributed by atoms with Crippen molar-refractivity contribution in [3.05, 3.63) is 72.5 Å². The summed E-state index contributed by atoms with van der Waals surface area (Å²) in [7, 11) is -8.08. The van der Waals surface area contributed by atoms with Crippen LogP contribution in [-0.2, 0) is 29.6 Å². The molecule has 0 aromatic heterocycles. The lowest BCUT2D eigenvalue weighted by Gasteiger charge is -2.26. The van der Waals surface area contributed by atoms with E-state index in [-0.39, 0.29) is 46.6 Å². The maximum Gasteiger partial charge on any atom is 0.264 e. The Hall–Kier alpha value is -3.72. The van der Waals surface area contributed by atoms with Gasteiger partial charge in [-0.05, 0) is 54.6 Å². The standard InChI is InChI=1S/C26H26FN3O8S2/c27-19-2-1-3-21(16-19)30(40(34,35)23-8-9-24-25(17-23)38-15-14-37-24)18-26(31)28-20-4-6-22(7-5-20)39(32,33)29-10-12-36-13-11-29/h1-9,16-17H,10-15,18H2,(H,28,31). The number of hydrogen-bond acceptors (Lipinski definition) is 8. The number of ether oxygens (including phenoxy) is 3. The fourth-order valence-corrected chi connectivity index (χ4v) is 7.07. The van der Waals surface area contributed by atoms with E-state index in [9.17, 15) is 26.0 Å². The van der Waals surface area contributed by atoms with E-state index in [1.165, 1.54) is 58.9 Å². The third kappa shape index (κ3) is 5.89. The first-order valence-corrected chi connectivity index (χ1v) is 15.2. The third-order valence-corrected chi connectivity index (χ3v) is 9.91. The molecule has 0 atom stereocenters. The van der Waals surface area contributed by atoms with E-state index in [4.69, 9.17) is 14.2 Å². The van der Waals surface area contributed by atoms with Crippen LogP contribution in [0, 0.1) is 5.82 Å². The molecule has 0 spiro atoms. The Morgan fingerprint density at radius 3 is 2.23 bits per heavy atom. The van der Waals surface area contributed by atoms with E-state index in [1.807, 2.05) is 0 Å². The van der Waals surface area contributed by atoms with Crippen LogP contribution in [0.1, 0.15) is 0 Å². The molecule has 2 heterocycles. The molecule has 3 aromatic carbocycles. The number of anilines is 2. The molecule has 1 fully saturated rings. The van der Waals surface area contributed by atoms with E-state index in [1.54, 1.807) is 0 Å². The normalized spacial score (nSPS) is 15.8. The molecule has 5 rings (SSSR count). The lowest BCUT2D eigenvalue weighted by Crippen LogP contribution is -2.40. The fourth-order valence-electron chi connectivity index (χ4n) is 4.23. The van der Waals surface area contributed by atoms with E-state index < -0.39 is 38.3 Å². The molecule has 0 radical (unpaired) electrons. The number of nitrogens with one attached hydrogen (secondary N) is 1. The van der Waals surface area contributed by atoms with Crippen molar-refractivity contribution < 1.29 is 40.2 Å². The van der Waals surface area contributed by atoms with Crippen molar-refractivity contribution in [3.63, 3.8) is 0 Å². The van der Waals surface area contributed by atoms with Gasteiger partial charge in [-0.1, -0.05) is 6.07 Å². The van der Waals surface area contributed by atoms with Gasteiger partial charge in [0.05, 0.1) is 28.7 Å². The minimum Gasteiger partial charge on any atom is -0.486 e. The zero-order chi connectivity index (χ0) is 28.3. The molecule has 0 saturated carbocycles. The number of fused-ring (bicyclic) bond motifs is 1. The first-order valence-electron chi connectivity index (χ1n) is 12.3. The summed E-state index contributed by atoms with van der Waals surface area (Å²) in [5, 5.41) is 2.58. The number of hydrogen-bond donors (Lipinski definition) is 1. The highest BCUT2D eigenvalue weighted by molar-refractivity contribution is 7.92. The predicted octanol–water partition coefficient (Wildman–Crippen LogP) is 2.45. The average Bonchev–Trinajstić information content (AvgIpc) is 2.96. The van der Waals surface area contributed by atoms with Crippen LogP contribution in [0.5, 0.6) is 11.5 Å². The van der Waals surface area contributed by atoms with Gasteiger partial charge in [-0.15, -0.1) is 0 Å².